The van der Waals surface area contributed by atoms with Gasteiger partial charge in [-0.15, -0.1) is 0 Å². The maximum atomic E-state index is 12.9. The number of ketones is 1. The van der Waals surface area contributed by atoms with Crippen LogP contribution in [0, 0.1) is 0 Å². The van der Waals surface area contributed by atoms with E-state index in [0.29, 0.717) is 11.1 Å². The Hall–Kier alpha value is -4.43. The molecule has 162 valence electrons. The number of hydrogen-bond donors (Lipinski definition) is 0. The lowest BCUT2D eigenvalue weighted by atomic mass is 9.83. The molecule has 0 amide bonds. The van der Waals surface area contributed by atoms with E-state index in [1.54, 1.807) is 0 Å². The van der Waals surface area contributed by atoms with Crippen LogP contribution in [0.2, 0.25) is 0 Å². The van der Waals surface area contributed by atoms with Gasteiger partial charge in [-0.25, -0.2) is 0 Å². The van der Waals surface area contributed by atoms with Crippen LogP contribution in [-0.2, 0) is 5.60 Å². The maximum Gasteiger partial charge on any atom is 0.193 e. The number of hydrogen-bond acceptors (Lipinski definition) is 2. The molecule has 0 saturated carbocycles. The summed E-state index contributed by atoms with van der Waals surface area (Å²) in [6.07, 6.45) is 4.29. The molecule has 1 aliphatic rings. The quantitative estimate of drug-likeness (QED) is 0.273. The second-order valence-electron chi connectivity index (χ2n) is 8.51. The summed E-state index contributed by atoms with van der Waals surface area (Å²) in [4.78, 5) is 12.9. The van der Waals surface area contributed by atoms with Crippen molar-refractivity contribution < 1.29 is 9.53 Å². The lowest BCUT2D eigenvalue weighted by molar-refractivity contribution is 0.103. The molecule has 1 heterocycles. The van der Waals surface area contributed by atoms with E-state index in [4.69, 9.17) is 4.74 Å². The van der Waals surface area contributed by atoms with E-state index >= 15 is 0 Å². The van der Waals surface area contributed by atoms with Gasteiger partial charge in [0.2, 0.25) is 0 Å². The highest BCUT2D eigenvalue weighted by Gasteiger charge is 2.37. The Labute approximate surface area is 198 Å². The van der Waals surface area contributed by atoms with E-state index < -0.39 is 5.60 Å². The third-order valence-electron chi connectivity index (χ3n) is 6.48. The number of fused-ring (bicyclic) bond motifs is 3. The number of rotatable bonds is 4. The molecule has 0 N–H and O–H groups in total. The van der Waals surface area contributed by atoms with Crippen LogP contribution in [0.25, 0.3) is 16.8 Å². The molecule has 0 unspecified atom stereocenters. The van der Waals surface area contributed by atoms with Gasteiger partial charge in [0.25, 0.3) is 0 Å². The van der Waals surface area contributed by atoms with Crippen LogP contribution in [0.15, 0.2) is 127 Å². The minimum Gasteiger partial charge on any atom is -0.473 e. The summed E-state index contributed by atoms with van der Waals surface area (Å²) >= 11 is 0. The molecule has 5 aromatic rings. The summed E-state index contributed by atoms with van der Waals surface area (Å²) < 4.78 is 6.79. The predicted octanol–water partition coefficient (Wildman–Crippen LogP) is 7.42. The summed E-state index contributed by atoms with van der Waals surface area (Å²) in [6, 6.07) is 39.9. The topological polar surface area (TPSA) is 26.3 Å². The Bertz CT molecular complexity index is 1480. The van der Waals surface area contributed by atoms with Crippen molar-refractivity contribution in [2.75, 3.05) is 0 Å². The van der Waals surface area contributed by atoms with Crippen LogP contribution in [0.5, 0.6) is 5.75 Å². The molecule has 0 radical (unpaired) electrons. The molecule has 0 bridgehead atoms. The fourth-order valence-corrected chi connectivity index (χ4v) is 4.75. The standard InChI is InChI=1S/C32H22O2/c33-31(23-10-4-1-5-11-23)25-16-18-28-24(22-25)17-19-30-29(28)20-21-32(34-30,26-12-6-2-7-13-26)27-14-8-3-9-15-27/h1-22H. The second kappa shape index (κ2) is 8.17. The third-order valence-corrected chi connectivity index (χ3v) is 6.48. The van der Waals surface area contributed by atoms with Gasteiger partial charge in [-0.1, -0.05) is 109 Å². The molecule has 2 heteroatoms. The van der Waals surface area contributed by atoms with Gasteiger partial charge in [0.05, 0.1) is 0 Å². The summed E-state index contributed by atoms with van der Waals surface area (Å²) in [5.41, 5.74) is 3.85. The molecule has 0 atom stereocenters. The summed E-state index contributed by atoms with van der Waals surface area (Å²) in [7, 11) is 0. The molecule has 0 aliphatic carbocycles. The molecule has 0 spiro atoms. The van der Waals surface area contributed by atoms with Crippen molar-refractivity contribution in [2.24, 2.45) is 0 Å². The maximum absolute atomic E-state index is 12.9. The molecule has 5 aromatic carbocycles. The van der Waals surface area contributed by atoms with Crippen molar-refractivity contribution in [3.05, 3.63) is 155 Å². The average Bonchev–Trinajstić information content (AvgIpc) is 2.93. The molecular formula is C32H22O2. The Morgan fingerprint density at radius 2 is 1.24 bits per heavy atom. The van der Waals surface area contributed by atoms with Gasteiger partial charge >= 0.3 is 0 Å². The highest BCUT2D eigenvalue weighted by Crippen LogP contribution is 2.44. The molecule has 0 saturated heterocycles. The van der Waals surface area contributed by atoms with E-state index in [-0.39, 0.29) is 5.78 Å². The van der Waals surface area contributed by atoms with Crippen LogP contribution in [0.4, 0.5) is 0 Å². The van der Waals surface area contributed by atoms with Crippen molar-refractivity contribution in [1.29, 1.82) is 0 Å². The first-order valence-corrected chi connectivity index (χ1v) is 11.4. The van der Waals surface area contributed by atoms with Crippen molar-refractivity contribution in [2.45, 2.75) is 5.60 Å². The van der Waals surface area contributed by atoms with Crippen molar-refractivity contribution in [1.82, 2.24) is 0 Å². The van der Waals surface area contributed by atoms with Crippen molar-refractivity contribution >= 4 is 22.6 Å². The fourth-order valence-electron chi connectivity index (χ4n) is 4.75. The summed E-state index contributed by atoms with van der Waals surface area (Å²) in [6.45, 7) is 0. The van der Waals surface area contributed by atoms with Gasteiger partial charge in [-0.05, 0) is 35.1 Å². The van der Waals surface area contributed by atoms with Gasteiger partial charge in [0.15, 0.2) is 11.4 Å². The highest BCUT2D eigenvalue weighted by molar-refractivity contribution is 6.11. The summed E-state index contributed by atoms with van der Waals surface area (Å²) in [5, 5.41) is 2.08. The summed E-state index contributed by atoms with van der Waals surface area (Å²) in [5.74, 6) is 0.851. The number of ether oxygens (including phenoxy) is 1. The zero-order valence-corrected chi connectivity index (χ0v) is 18.5. The van der Waals surface area contributed by atoms with Crippen LogP contribution >= 0.6 is 0 Å². The Balaban J connectivity index is 1.45. The molecule has 2 nitrogen and oxygen atoms in total. The van der Waals surface area contributed by atoms with Crippen LogP contribution < -0.4 is 4.74 Å². The van der Waals surface area contributed by atoms with E-state index in [1.165, 1.54) is 0 Å². The Kier molecular flexibility index (Phi) is 4.85. The molecule has 0 fully saturated rings. The number of carbonyl (C=O) groups is 1. The molecule has 0 aromatic heterocycles. The smallest absolute Gasteiger partial charge is 0.193 e. The number of benzene rings is 5. The molecular weight excluding hydrogens is 416 g/mol. The first-order chi connectivity index (χ1) is 16.7. The van der Waals surface area contributed by atoms with Gasteiger partial charge in [0.1, 0.15) is 5.75 Å². The van der Waals surface area contributed by atoms with E-state index in [2.05, 4.69) is 36.4 Å². The van der Waals surface area contributed by atoms with Gasteiger partial charge < -0.3 is 4.74 Å². The van der Waals surface area contributed by atoms with E-state index in [1.807, 2.05) is 97.1 Å². The average molecular weight is 439 g/mol. The third kappa shape index (κ3) is 3.32. The largest absolute Gasteiger partial charge is 0.473 e. The first-order valence-electron chi connectivity index (χ1n) is 11.4. The van der Waals surface area contributed by atoms with Crippen molar-refractivity contribution in [3.8, 4) is 5.75 Å². The predicted molar refractivity (Wildman–Crippen MR) is 137 cm³/mol. The van der Waals surface area contributed by atoms with Crippen LogP contribution in [0.3, 0.4) is 0 Å². The lowest BCUT2D eigenvalue weighted by Crippen LogP contribution is -2.34. The van der Waals surface area contributed by atoms with Gasteiger partial charge in [0, 0.05) is 27.8 Å². The van der Waals surface area contributed by atoms with E-state index in [0.717, 1.165) is 33.2 Å². The highest BCUT2D eigenvalue weighted by atomic mass is 16.5. The molecule has 34 heavy (non-hydrogen) atoms. The van der Waals surface area contributed by atoms with Crippen LogP contribution in [0.1, 0.15) is 32.6 Å². The normalized spacial score (nSPS) is 13.8. The van der Waals surface area contributed by atoms with E-state index in [9.17, 15) is 4.79 Å². The first kappa shape index (κ1) is 20.2. The zero-order valence-electron chi connectivity index (χ0n) is 18.5. The Morgan fingerprint density at radius 3 is 1.88 bits per heavy atom. The molecule has 6 rings (SSSR count). The lowest BCUT2D eigenvalue weighted by Gasteiger charge is -2.36. The monoisotopic (exact) mass is 438 g/mol. The van der Waals surface area contributed by atoms with Gasteiger partial charge in [-0.2, -0.15) is 0 Å². The SMILES string of the molecule is O=C(c1ccccc1)c1ccc2c3c(ccc2c1)OC(c1ccccc1)(c1ccccc1)C=C3. The van der Waals surface area contributed by atoms with Crippen molar-refractivity contribution in [3.63, 3.8) is 0 Å². The minimum atomic E-state index is -0.702. The zero-order chi connectivity index (χ0) is 23.0. The fraction of sp³-hybridized carbons (Fsp3) is 0.0312. The Morgan fingerprint density at radius 1 is 0.618 bits per heavy atom. The van der Waals surface area contributed by atoms with Gasteiger partial charge in [-0.3, -0.25) is 4.79 Å². The molecule has 1 aliphatic heterocycles. The number of carbonyl (C=O) groups excluding carboxylic acids is 1. The second-order valence-corrected chi connectivity index (χ2v) is 8.51. The minimum absolute atomic E-state index is 0.0270. The van der Waals surface area contributed by atoms with Crippen LogP contribution in [-0.4, -0.2) is 5.78 Å².